The molecule has 9 heavy (non-hydrogen) atoms. The summed E-state index contributed by atoms with van der Waals surface area (Å²) in [5.74, 6) is -0.117. The fourth-order valence-corrected chi connectivity index (χ4v) is 0.363. The Morgan fingerprint density at radius 2 is 2.44 bits per heavy atom. The number of carbonyl (C=O) groups is 1. The fraction of sp³-hybridized carbons (Fsp3) is 0.500. The summed E-state index contributed by atoms with van der Waals surface area (Å²) < 4.78 is 0. The quantitative estimate of drug-likeness (QED) is 0.510. The molecule has 1 amide bonds. The number of hydrogen-bond acceptors (Lipinski definition) is 2. The molecule has 0 aromatic rings. The van der Waals surface area contributed by atoms with E-state index in [4.69, 9.17) is 5.73 Å². The van der Waals surface area contributed by atoms with Crippen LogP contribution >= 0.6 is 0 Å². The molecule has 0 fully saturated rings. The normalized spacial score (nSPS) is 10.0. The van der Waals surface area contributed by atoms with Crippen LogP contribution in [0.4, 0.5) is 0 Å². The van der Waals surface area contributed by atoms with Crippen molar-refractivity contribution < 1.29 is 4.79 Å². The highest BCUT2D eigenvalue weighted by atomic mass is 16.1. The molecule has 0 aromatic heterocycles. The van der Waals surface area contributed by atoms with Gasteiger partial charge in [0.2, 0.25) is 5.91 Å². The topological polar surface area (TPSA) is 55.1 Å². The van der Waals surface area contributed by atoms with E-state index >= 15 is 0 Å². The maximum Gasteiger partial charge on any atom is 0.233 e. The van der Waals surface area contributed by atoms with Crippen molar-refractivity contribution in [1.29, 1.82) is 0 Å². The SMILES string of the molecule is C/C=C/CNC(=O)CN. The largest absolute Gasteiger partial charge is 0.352 e. The molecule has 3 nitrogen and oxygen atoms in total. The first-order chi connectivity index (χ1) is 4.31. The number of rotatable bonds is 3. The summed E-state index contributed by atoms with van der Waals surface area (Å²) in [6, 6.07) is 0. The van der Waals surface area contributed by atoms with E-state index in [2.05, 4.69) is 5.32 Å². The van der Waals surface area contributed by atoms with Gasteiger partial charge >= 0.3 is 0 Å². The minimum absolute atomic E-state index is 0.0670. The van der Waals surface area contributed by atoms with E-state index in [-0.39, 0.29) is 12.5 Å². The van der Waals surface area contributed by atoms with Crippen molar-refractivity contribution >= 4 is 5.91 Å². The molecule has 3 heteroatoms. The summed E-state index contributed by atoms with van der Waals surface area (Å²) in [6.07, 6.45) is 3.73. The van der Waals surface area contributed by atoms with Gasteiger partial charge in [-0.1, -0.05) is 12.2 Å². The summed E-state index contributed by atoms with van der Waals surface area (Å²) in [4.78, 5) is 10.4. The second kappa shape index (κ2) is 5.31. The van der Waals surface area contributed by atoms with Crippen LogP contribution < -0.4 is 11.1 Å². The molecule has 0 unspecified atom stereocenters. The van der Waals surface area contributed by atoms with E-state index in [0.29, 0.717) is 6.54 Å². The number of carbonyl (C=O) groups excluding carboxylic acids is 1. The van der Waals surface area contributed by atoms with Crippen molar-refractivity contribution in [3.63, 3.8) is 0 Å². The maximum absolute atomic E-state index is 10.4. The third-order valence-electron chi connectivity index (χ3n) is 0.838. The lowest BCUT2D eigenvalue weighted by molar-refractivity contribution is -0.119. The average molecular weight is 128 g/mol. The molecule has 0 saturated carbocycles. The first kappa shape index (κ1) is 8.17. The van der Waals surface area contributed by atoms with E-state index < -0.39 is 0 Å². The Labute approximate surface area is 54.9 Å². The van der Waals surface area contributed by atoms with Gasteiger partial charge in [-0.15, -0.1) is 0 Å². The molecule has 0 heterocycles. The molecule has 0 rings (SSSR count). The van der Waals surface area contributed by atoms with Crippen LogP contribution in [0.5, 0.6) is 0 Å². The van der Waals surface area contributed by atoms with Crippen LogP contribution in [0, 0.1) is 0 Å². The highest BCUT2D eigenvalue weighted by Gasteiger charge is 1.90. The van der Waals surface area contributed by atoms with Crippen LogP contribution in [0.2, 0.25) is 0 Å². The van der Waals surface area contributed by atoms with E-state index in [1.165, 1.54) is 0 Å². The minimum Gasteiger partial charge on any atom is -0.352 e. The molecule has 0 aliphatic rings. The van der Waals surface area contributed by atoms with Crippen LogP contribution in [0.1, 0.15) is 6.92 Å². The van der Waals surface area contributed by atoms with Crippen molar-refractivity contribution in [1.82, 2.24) is 5.32 Å². The first-order valence-electron chi connectivity index (χ1n) is 2.89. The van der Waals surface area contributed by atoms with Gasteiger partial charge in [0.05, 0.1) is 6.54 Å². The van der Waals surface area contributed by atoms with Crippen molar-refractivity contribution in [3.05, 3.63) is 12.2 Å². The van der Waals surface area contributed by atoms with Crippen LogP contribution in [-0.4, -0.2) is 19.0 Å². The predicted molar refractivity (Wildman–Crippen MR) is 36.9 cm³/mol. The van der Waals surface area contributed by atoms with Gasteiger partial charge in [0, 0.05) is 6.54 Å². The summed E-state index contributed by atoms with van der Waals surface area (Å²) in [7, 11) is 0. The molecule has 0 bridgehead atoms. The fourth-order valence-electron chi connectivity index (χ4n) is 0.363. The van der Waals surface area contributed by atoms with Crippen molar-refractivity contribution in [2.75, 3.05) is 13.1 Å². The van der Waals surface area contributed by atoms with E-state index in [0.717, 1.165) is 0 Å². The third kappa shape index (κ3) is 5.03. The summed E-state index contributed by atoms with van der Waals surface area (Å²) in [5, 5.41) is 2.58. The zero-order chi connectivity index (χ0) is 7.11. The second-order valence-electron chi connectivity index (χ2n) is 1.58. The average Bonchev–Trinajstić information content (AvgIpc) is 1.89. The lowest BCUT2D eigenvalue weighted by Gasteiger charge is -1.95. The molecule has 0 spiro atoms. The van der Waals surface area contributed by atoms with Crippen LogP contribution in [0.25, 0.3) is 0 Å². The highest BCUT2D eigenvalue weighted by Crippen LogP contribution is 1.66. The smallest absolute Gasteiger partial charge is 0.233 e. The monoisotopic (exact) mass is 128 g/mol. The molecule has 0 aromatic carbocycles. The zero-order valence-corrected chi connectivity index (χ0v) is 5.55. The molecule has 0 aliphatic carbocycles. The predicted octanol–water partition coefficient (Wildman–Crippen LogP) is -0.363. The molecule has 0 atom stereocenters. The summed E-state index contributed by atoms with van der Waals surface area (Å²) in [6.45, 7) is 2.54. The van der Waals surface area contributed by atoms with E-state index in [1.807, 2.05) is 19.1 Å². The van der Waals surface area contributed by atoms with Crippen LogP contribution in [0.3, 0.4) is 0 Å². The highest BCUT2D eigenvalue weighted by molar-refractivity contribution is 5.77. The van der Waals surface area contributed by atoms with E-state index in [1.54, 1.807) is 0 Å². The molecular weight excluding hydrogens is 116 g/mol. The molecule has 0 saturated heterocycles. The number of amides is 1. The third-order valence-corrected chi connectivity index (χ3v) is 0.838. The molecule has 52 valence electrons. The Hall–Kier alpha value is -0.830. The standard InChI is InChI=1S/C6H12N2O/c1-2-3-4-8-6(9)5-7/h2-3H,4-5,7H2,1H3,(H,8,9)/b3-2+. The number of nitrogens with one attached hydrogen (secondary N) is 1. The Kier molecular flexibility index (Phi) is 4.82. The maximum atomic E-state index is 10.4. The van der Waals surface area contributed by atoms with Crippen LogP contribution in [0.15, 0.2) is 12.2 Å². The summed E-state index contributed by atoms with van der Waals surface area (Å²) >= 11 is 0. The van der Waals surface area contributed by atoms with Gasteiger partial charge in [0.1, 0.15) is 0 Å². The number of allylic oxidation sites excluding steroid dienone is 1. The van der Waals surface area contributed by atoms with Crippen molar-refractivity contribution in [2.45, 2.75) is 6.92 Å². The number of nitrogens with two attached hydrogens (primary N) is 1. The van der Waals surface area contributed by atoms with Gasteiger partial charge in [-0.2, -0.15) is 0 Å². The molecular formula is C6H12N2O. The van der Waals surface area contributed by atoms with Gasteiger partial charge < -0.3 is 11.1 Å². The van der Waals surface area contributed by atoms with Crippen LogP contribution in [-0.2, 0) is 4.79 Å². The molecule has 3 N–H and O–H groups in total. The van der Waals surface area contributed by atoms with Crippen molar-refractivity contribution in [2.24, 2.45) is 5.73 Å². The van der Waals surface area contributed by atoms with Gasteiger partial charge in [-0.25, -0.2) is 0 Å². The van der Waals surface area contributed by atoms with E-state index in [9.17, 15) is 4.79 Å². The zero-order valence-electron chi connectivity index (χ0n) is 5.55. The van der Waals surface area contributed by atoms with Gasteiger partial charge in [0.15, 0.2) is 0 Å². The molecule has 0 aliphatic heterocycles. The lowest BCUT2D eigenvalue weighted by Crippen LogP contribution is -2.30. The summed E-state index contributed by atoms with van der Waals surface area (Å²) in [5.41, 5.74) is 5.02. The molecule has 0 radical (unpaired) electrons. The first-order valence-corrected chi connectivity index (χ1v) is 2.89. The van der Waals surface area contributed by atoms with Crippen molar-refractivity contribution in [3.8, 4) is 0 Å². The van der Waals surface area contributed by atoms with Gasteiger partial charge in [-0.05, 0) is 6.92 Å². The Morgan fingerprint density at radius 3 is 2.89 bits per heavy atom. The number of hydrogen-bond donors (Lipinski definition) is 2. The Morgan fingerprint density at radius 1 is 1.78 bits per heavy atom. The minimum atomic E-state index is -0.117. The Bertz CT molecular complexity index is 110. The van der Waals surface area contributed by atoms with Gasteiger partial charge in [0.25, 0.3) is 0 Å². The lowest BCUT2D eigenvalue weighted by atomic mass is 10.5. The van der Waals surface area contributed by atoms with Gasteiger partial charge in [-0.3, -0.25) is 4.79 Å². The second-order valence-corrected chi connectivity index (χ2v) is 1.58. The Balaban J connectivity index is 3.17.